The Balaban J connectivity index is 2.16. The second kappa shape index (κ2) is 4.53. The van der Waals surface area contributed by atoms with E-state index >= 15 is 0 Å². The molecule has 0 unspecified atom stereocenters. The highest BCUT2D eigenvalue weighted by molar-refractivity contribution is 6.35. The molecule has 7 heteroatoms. The second-order valence-corrected chi connectivity index (χ2v) is 4.90. The van der Waals surface area contributed by atoms with Crippen molar-refractivity contribution in [3.8, 4) is 0 Å². The minimum absolute atomic E-state index is 0.109. The van der Waals surface area contributed by atoms with Crippen LogP contribution >= 0.6 is 11.6 Å². The summed E-state index contributed by atoms with van der Waals surface area (Å²) in [6.45, 7) is 0. The largest absolute Gasteiger partial charge is 0.397 e. The van der Waals surface area contributed by atoms with E-state index in [0.29, 0.717) is 17.2 Å². The topological polar surface area (TPSA) is 63.4 Å². The summed E-state index contributed by atoms with van der Waals surface area (Å²) in [6.07, 6.45) is 0. The highest BCUT2D eigenvalue weighted by Crippen LogP contribution is 2.34. The Bertz CT molecular complexity index is 767. The van der Waals surface area contributed by atoms with E-state index in [9.17, 15) is 18.4 Å². The monoisotopic (exact) mass is 308 g/mol. The van der Waals surface area contributed by atoms with Crippen LogP contribution < -0.4 is 10.6 Å². The summed E-state index contributed by atoms with van der Waals surface area (Å²) in [7, 11) is 0. The SMILES string of the molecule is Nc1cc(Cl)ccc1N1C(=O)c2cc(F)c(F)cc2C1=O. The van der Waals surface area contributed by atoms with Gasteiger partial charge in [0.15, 0.2) is 11.6 Å². The minimum Gasteiger partial charge on any atom is -0.397 e. The summed E-state index contributed by atoms with van der Waals surface area (Å²) < 4.78 is 26.5. The molecule has 2 N–H and O–H groups in total. The predicted molar refractivity (Wildman–Crippen MR) is 73.4 cm³/mol. The number of halogens is 3. The minimum atomic E-state index is -1.19. The average Bonchev–Trinajstić information content (AvgIpc) is 2.64. The van der Waals surface area contributed by atoms with E-state index in [1.165, 1.54) is 18.2 Å². The number of hydrogen-bond donors (Lipinski definition) is 1. The van der Waals surface area contributed by atoms with Crippen molar-refractivity contribution in [3.63, 3.8) is 0 Å². The average molecular weight is 309 g/mol. The molecule has 0 aromatic heterocycles. The molecule has 1 heterocycles. The number of rotatable bonds is 1. The number of carbonyl (C=O) groups is 2. The van der Waals surface area contributed by atoms with Crippen molar-refractivity contribution in [2.45, 2.75) is 0 Å². The van der Waals surface area contributed by atoms with Crippen LogP contribution in [0.5, 0.6) is 0 Å². The molecule has 106 valence electrons. The first-order chi connectivity index (χ1) is 9.90. The Hall–Kier alpha value is -2.47. The van der Waals surface area contributed by atoms with Gasteiger partial charge < -0.3 is 5.73 Å². The number of nitrogens with two attached hydrogens (primary N) is 1. The lowest BCUT2D eigenvalue weighted by molar-refractivity contribution is 0.0926. The van der Waals surface area contributed by atoms with Gasteiger partial charge in [0.25, 0.3) is 11.8 Å². The lowest BCUT2D eigenvalue weighted by Crippen LogP contribution is -2.30. The molecular formula is C14H7ClF2N2O2. The van der Waals surface area contributed by atoms with Crippen LogP contribution in [-0.2, 0) is 0 Å². The zero-order valence-corrected chi connectivity index (χ0v) is 11.1. The fourth-order valence-corrected chi connectivity index (χ4v) is 2.36. The molecule has 0 saturated carbocycles. The van der Waals surface area contributed by atoms with E-state index in [4.69, 9.17) is 17.3 Å². The van der Waals surface area contributed by atoms with Crippen LogP contribution in [0.3, 0.4) is 0 Å². The summed E-state index contributed by atoms with van der Waals surface area (Å²) in [5.41, 5.74) is 5.57. The third kappa shape index (κ3) is 1.95. The van der Waals surface area contributed by atoms with E-state index in [0.717, 1.165) is 4.90 Å². The molecule has 2 amide bonds. The van der Waals surface area contributed by atoms with Crippen LogP contribution in [0.1, 0.15) is 20.7 Å². The summed E-state index contributed by atoms with van der Waals surface area (Å²) in [5.74, 6) is -3.91. The quantitative estimate of drug-likeness (QED) is 0.650. The number of benzene rings is 2. The third-order valence-corrected chi connectivity index (χ3v) is 3.39. The second-order valence-electron chi connectivity index (χ2n) is 4.46. The summed E-state index contributed by atoms with van der Waals surface area (Å²) >= 11 is 5.76. The molecule has 4 nitrogen and oxygen atoms in total. The molecule has 2 aromatic carbocycles. The number of amides is 2. The molecule has 3 rings (SSSR count). The van der Waals surface area contributed by atoms with Gasteiger partial charge in [-0.25, -0.2) is 13.7 Å². The number of carbonyl (C=O) groups excluding carboxylic acids is 2. The molecule has 0 spiro atoms. The van der Waals surface area contributed by atoms with Gasteiger partial charge in [-0.3, -0.25) is 9.59 Å². The molecule has 0 atom stereocenters. The molecule has 1 aliphatic rings. The summed E-state index contributed by atoms with van der Waals surface area (Å²) in [5, 5.41) is 0.338. The van der Waals surface area contributed by atoms with Crippen LogP contribution in [0.4, 0.5) is 20.2 Å². The van der Waals surface area contributed by atoms with Gasteiger partial charge in [-0.15, -0.1) is 0 Å². The van der Waals surface area contributed by atoms with E-state index < -0.39 is 23.4 Å². The van der Waals surface area contributed by atoms with E-state index in [-0.39, 0.29) is 22.5 Å². The van der Waals surface area contributed by atoms with Crippen molar-refractivity contribution in [3.05, 3.63) is 58.1 Å². The first kappa shape index (κ1) is 13.5. The van der Waals surface area contributed by atoms with Gasteiger partial charge >= 0.3 is 0 Å². The number of hydrogen-bond acceptors (Lipinski definition) is 3. The van der Waals surface area contributed by atoms with Crippen molar-refractivity contribution in [2.24, 2.45) is 0 Å². The Morgan fingerprint density at radius 2 is 1.48 bits per heavy atom. The van der Waals surface area contributed by atoms with Crippen LogP contribution in [0.15, 0.2) is 30.3 Å². The number of anilines is 2. The van der Waals surface area contributed by atoms with Gasteiger partial charge in [0.2, 0.25) is 0 Å². The number of nitrogen functional groups attached to an aromatic ring is 1. The molecular weight excluding hydrogens is 302 g/mol. The Labute approximate surface area is 122 Å². The molecule has 0 aliphatic carbocycles. The molecule has 0 fully saturated rings. The molecule has 21 heavy (non-hydrogen) atoms. The Morgan fingerprint density at radius 1 is 0.952 bits per heavy atom. The van der Waals surface area contributed by atoms with Gasteiger partial charge in [-0.05, 0) is 30.3 Å². The molecule has 0 bridgehead atoms. The maximum absolute atomic E-state index is 13.2. The van der Waals surface area contributed by atoms with E-state index in [1.807, 2.05) is 0 Å². The zero-order valence-electron chi connectivity index (χ0n) is 10.4. The third-order valence-electron chi connectivity index (χ3n) is 3.16. The molecule has 2 aromatic rings. The number of fused-ring (bicyclic) bond motifs is 1. The van der Waals surface area contributed by atoms with Crippen molar-refractivity contribution >= 4 is 34.8 Å². The highest BCUT2D eigenvalue weighted by Gasteiger charge is 2.38. The fourth-order valence-electron chi connectivity index (χ4n) is 2.18. The maximum atomic E-state index is 13.2. The van der Waals surface area contributed by atoms with Crippen LogP contribution in [-0.4, -0.2) is 11.8 Å². The van der Waals surface area contributed by atoms with E-state index in [1.54, 1.807) is 0 Å². The maximum Gasteiger partial charge on any atom is 0.266 e. The smallest absolute Gasteiger partial charge is 0.266 e. The molecule has 1 aliphatic heterocycles. The van der Waals surface area contributed by atoms with Crippen molar-refractivity contribution in [1.82, 2.24) is 0 Å². The van der Waals surface area contributed by atoms with Crippen molar-refractivity contribution in [1.29, 1.82) is 0 Å². The van der Waals surface area contributed by atoms with Crippen molar-refractivity contribution < 1.29 is 18.4 Å². The van der Waals surface area contributed by atoms with Gasteiger partial charge in [0, 0.05) is 5.02 Å². The van der Waals surface area contributed by atoms with Gasteiger partial charge in [0.1, 0.15) is 0 Å². The number of imide groups is 1. The van der Waals surface area contributed by atoms with Crippen LogP contribution in [0.2, 0.25) is 5.02 Å². The first-order valence-corrected chi connectivity index (χ1v) is 6.21. The fraction of sp³-hybridized carbons (Fsp3) is 0. The van der Waals surface area contributed by atoms with Gasteiger partial charge in [0.05, 0.1) is 22.5 Å². The highest BCUT2D eigenvalue weighted by atomic mass is 35.5. The summed E-state index contributed by atoms with van der Waals surface area (Å²) in [4.78, 5) is 25.2. The Kier molecular flexibility index (Phi) is 2.91. The predicted octanol–water partition coefficient (Wildman–Crippen LogP) is 3.00. The number of nitrogens with zero attached hydrogens (tertiary/aromatic N) is 1. The molecule has 0 saturated heterocycles. The lowest BCUT2D eigenvalue weighted by atomic mass is 10.1. The Morgan fingerprint density at radius 3 is 1.95 bits per heavy atom. The van der Waals surface area contributed by atoms with E-state index in [2.05, 4.69) is 0 Å². The van der Waals surface area contributed by atoms with Crippen LogP contribution in [0, 0.1) is 11.6 Å². The lowest BCUT2D eigenvalue weighted by Gasteiger charge is -2.16. The van der Waals surface area contributed by atoms with Crippen molar-refractivity contribution in [2.75, 3.05) is 10.6 Å². The van der Waals surface area contributed by atoms with Gasteiger partial charge in [-0.2, -0.15) is 0 Å². The van der Waals surface area contributed by atoms with Gasteiger partial charge in [-0.1, -0.05) is 11.6 Å². The van der Waals surface area contributed by atoms with Crippen LogP contribution in [0.25, 0.3) is 0 Å². The molecule has 0 radical (unpaired) electrons. The normalized spacial score (nSPS) is 13.8. The summed E-state index contributed by atoms with van der Waals surface area (Å²) in [6, 6.07) is 5.64. The zero-order chi connectivity index (χ0) is 15.3. The first-order valence-electron chi connectivity index (χ1n) is 5.83. The standard InChI is InChI=1S/C14H7ClF2N2O2/c15-6-1-2-12(11(18)3-6)19-13(20)7-4-9(16)10(17)5-8(7)14(19)21/h1-5H,18H2.